The summed E-state index contributed by atoms with van der Waals surface area (Å²) in [5, 5.41) is 2.72. The predicted molar refractivity (Wildman–Crippen MR) is 81.5 cm³/mol. The molecule has 22 heavy (non-hydrogen) atoms. The van der Waals surface area contributed by atoms with Crippen molar-refractivity contribution in [3.05, 3.63) is 47.4 Å². The number of benzene rings is 1. The average Bonchev–Trinajstić information content (AvgIpc) is 2.85. The van der Waals surface area contributed by atoms with Gasteiger partial charge in [0, 0.05) is 5.69 Å². The maximum absolute atomic E-state index is 12.2. The number of rotatable bonds is 2. The van der Waals surface area contributed by atoms with Crippen LogP contribution in [0, 0.1) is 6.92 Å². The predicted octanol–water partition coefficient (Wildman–Crippen LogP) is 3.58. The molecule has 114 valence electrons. The molecule has 0 saturated heterocycles. The summed E-state index contributed by atoms with van der Waals surface area (Å²) in [5.41, 5.74) is 0.530. The Balaban J connectivity index is 1.84. The first-order chi connectivity index (χ1) is 10.3. The highest BCUT2D eigenvalue weighted by atomic mass is 16.5. The molecule has 1 aliphatic rings. The van der Waals surface area contributed by atoms with E-state index in [0.29, 0.717) is 29.2 Å². The van der Waals surface area contributed by atoms with Crippen LogP contribution in [0.4, 0.5) is 5.69 Å². The maximum atomic E-state index is 12.2. The molecule has 2 heterocycles. The molecule has 1 amide bonds. The van der Waals surface area contributed by atoms with Crippen LogP contribution in [0.3, 0.4) is 0 Å². The van der Waals surface area contributed by atoms with E-state index in [2.05, 4.69) is 5.32 Å². The van der Waals surface area contributed by atoms with Crippen LogP contribution in [0.2, 0.25) is 0 Å². The van der Waals surface area contributed by atoms with Crippen molar-refractivity contribution in [2.45, 2.75) is 32.8 Å². The lowest BCUT2D eigenvalue weighted by molar-refractivity contribution is 0.0620. The molecule has 0 atom stereocenters. The molecule has 1 N–H and O–H groups in total. The quantitative estimate of drug-likeness (QED) is 0.920. The van der Waals surface area contributed by atoms with Crippen molar-refractivity contribution in [3.63, 3.8) is 0 Å². The number of hydrogen-bond donors (Lipinski definition) is 1. The van der Waals surface area contributed by atoms with E-state index in [0.717, 1.165) is 0 Å². The second-order valence-electron chi connectivity index (χ2n) is 6.04. The molecular weight excluding hydrogens is 282 g/mol. The topological polar surface area (TPSA) is 68.5 Å². The molecule has 0 fully saturated rings. The summed E-state index contributed by atoms with van der Waals surface area (Å²) in [6.45, 7) is 5.53. The fourth-order valence-electron chi connectivity index (χ4n) is 2.48. The van der Waals surface area contributed by atoms with Crippen molar-refractivity contribution >= 4 is 17.4 Å². The smallest absolute Gasteiger partial charge is 0.291 e. The van der Waals surface area contributed by atoms with Gasteiger partial charge in [-0.2, -0.15) is 0 Å². The number of hydrogen-bond acceptors (Lipinski definition) is 4. The van der Waals surface area contributed by atoms with E-state index in [1.165, 1.54) is 0 Å². The zero-order valence-electron chi connectivity index (χ0n) is 12.7. The number of ketones is 1. The van der Waals surface area contributed by atoms with Gasteiger partial charge in [0.1, 0.15) is 17.1 Å². The third kappa shape index (κ3) is 2.74. The van der Waals surface area contributed by atoms with Crippen LogP contribution >= 0.6 is 0 Å². The van der Waals surface area contributed by atoms with E-state index in [1.54, 1.807) is 37.3 Å². The molecular formula is C17H17NO4. The van der Waals surface area contributed by atoms with Crippen LogP contribution in [-0.4, -0.2) is 17.3 Å². The molecule has 0 radical (unpaired) electrons. The van der Waals surface area contributed by atoms with Gasteiger partial charge in [-0.15, -0.1) is 0 Å². The Bertz CT molecular complexity index is 758. The van der Waals surface area contributed by atoms with E-state index in [-0.39, 0.29) is 17.5 Å². The van der Waals surface area contributed by atoms with Crippen molar-refractivity contribution in [2.75, 3.05) is 5.32 Å². The summed E-state index contributed by atoms with van der Waals surface area (Å²) >= 11 is 0. The summed E-state index contributed by atoms with van der Waals surface area (Å²) in [5.74, 6) is 1.11. The number of carbonyl (C=O) groups excluding carboxylic acids is 2. The van der Waals surface area contributed by atoms with E-state index < -0.39 is 5.60 Å². The Labute approximate surface area is 128 Å². The number of anilines is 1. The molecule has 2 aromatic rings. The Kier molecular flexibility index (Phi) is 3.28. The van der Waals surface area contributed by atoms with Gasteiger partial charge in [0.15, 0.2) is 11.5 Å². The minimum absolute atomic E-state index is 0.0104. The monoisotopic (exact) mass is 299 g/mol. The third-order valence-corrected chi connectivity index (χ3v) is 3.47. The first-order valence-corrected chi connectivity index (χ1v) is 7.08. The fourth-order valence-corrected chi connectivity index (χ4v) is 2.48. The summed E-state index contributed by atoms with van der Waals surface area (Å²) in [6, 6.07) is 8.39. The van der Waals surface area contributed by atoms with Crippen molar-refractivity contribution in [3.8, 4) is 5.75 Å². The lowest BCUT2D eigenvalue weighted by atomic mass is 9.93. The minimum atomic E-state index is -0.499. The minimum Gasteiger partial charge on any atom is -0.487 e. The molecule has 0 unspecified atom stereocenters. The standard InChI is InChI=1S/C17H17NO4/c1-10-4-6-15(21-10)16(20)18-11-5-7-14-12(8-11)13(19)9-17(2,3)22-14/h4-8H,9H2,1-3H3,(H,18,20). The molecule has 0 aliphatic carbocycles. The molecule has 1 aliphatic heterocycles. The second kappa shape index (κ2) is 5.02. The number of nitrogens with one attached hydrogen (secondary N) is 1. The number of carbonyl (C=O) groups is 2. The van der Waals surface area contributed by atoms with Crippen LogP contribution in [-0.2, 0) is 0 Å². The maximum Gasteiger partial charge on any atom is 0.291 e. The van der Waals surface area contributed by atoms with Gasteiger partial charge >= 0.3 is 0 Å². The van der Waals surface area contributed by atoms with Gasteiger partial charge in [0.05, 0.1) is 12.0 Å². The Hall–Kier alpha value is -2.56. The molecule has 3 rings (SSSR count). The summed E-state index contributed by atoms with van der Waals surface area (Å²) < 4.78 is 11.1. The normalized spacial score (nSPS) is 15.9. The van der Waals surface area contributed by atoms with Crippen LogP contribution in [0.25, 0.3) is 0 Å². The van der Waals surface area contributed by atoms with E-state index in [9.17, 15) is 9.59 Å². The van der Waals surface area contributed by atoms with Crippen LogP contribution in [0.5, 0.6) is 5.75 Å². The molecule has 5 nitrogen and oxygen atoms in total. The van der Waals surface area contributed by atoms with Gasteiger partial charge in [-0.1, -0.05) is 0 Å². The molecule has 5 heteroatoms. The van der Waals surface area contributed by atoms with Gasteiger partial charge in [0.2, 0.25) is 0 Å². The molecule has 0 spiro atoms. The van der Waals surface area contributed by atoms with Gasteiger partial charge in [-0.05, 0) is 51.1 Å². The Morgan fingerprint density at radius 3 is 2.68 bits per heavy atom. The highest BCUT2D eigenvalue weighted by Gasteiger charge is 2.32. The van der Waals surface area contributed by atoms with Gasteiger partial charge in [-0.25, -0.2) is 0 Å². The van der Waals surface area contributed by atoms with Crippen molar-refractivity contribution in [2.24, 2.45) is 0 Å². The molecule has 1 aromatic carbocycles. The first kappa shape index (κ1) is 14.4. The van der Waals surface area contributed by atoms with Gasteiger partial charge in [0.25, 0.3) is 5.91 Å². The second-order valence-corrected chi connectivity index (χ2v) is 6.04. The number of aryl methyl sites for hydroxylation is 1. The number of ether oxygens (including phenoxy) is 1. The molecule has 0 saturated carbocycles. The number of Topliss-reactive ketones (excluding diaryl/α,β-unsaturated/α-hetero) is 1. The van der Waals surface area contributed by atoms with Crippen molar-refractivity contribution in [1.29, 1.82) is 0 Å². The first-order valence-electron chi connectivity index (χ1n) is 7.08. The third-order valence-electron chi connectivity index (χ3n) is 3.47. The van der Waals surface area contributed by atoms with Crippen LogP contribution in [0.15, 0.2) is 34.7 Å². The summed E-state index contributed by atoms with van der Waals surface area (Å²) in [4.78, 5) is 24.3. The molecule has 0 bridgehead atoms. The van der Waals surface area contributed by atoms with Crippen LogP contribution < -0.4 is 10.1 Å². The zero-order valence-corrected chi connectivity index (χ0v) is 12.7. The Morgan fingerprint density at radius 2 is 2.00 bits per heavy atom. The van der Waals surface area contributed by atoms with Crippen molar-refractivity contribution < 1.29 is 18.7 Å². The SMILES string of the molecule is Cc1ccc(C(=O)Nc2ccc3c(c2)C(=O)CC(C)(C)O3)o1. The Morgan fingerprint density at radius 1 is 1.23 bits per heavy atom. The fraction of sp³-hybridized carbons (Fsp3) is 0.294. The molecule has 1 aromatic heterocycles. The summed E-state index contributed by atoms with van der Waals surface area (Å²) in [6.07, 6.45) is 0.314. The van der Waals surface area contributed by atoms with Gasteiger partial charge in [-0.3, -0.25) is 9.59 Å². The lowest BCUT2D eigenvalue weighted by Gasteiger charge is -2.31. The van der Waals surface area contributed by atoms with E-state index >= 15 is 0 Å². The largest absolute Gasteiger partial charge is 0.487 e. The number of amides is 1. The number of furan rings is 1. The number of fused-ring (bicyclic) bond motifs is 1. The van der Waals surface area contributed by atoms with E-state index in [4.69, 9.17) is 9.15 Å². The summed E-state index contributed by atoms with van der Waals surface area (Å²) in [7, 11) is 0. The average molecular weight is 299 g/mol. The highest BCUT2D eigenvalue weighted by Crippen LogP contribution is 2.34. The van der Waals surface area contributed by atoms with Crippen LogP contribution in [0.1, 0.15) is 46.9 Å². The lowest BCUT2D eigenvalue weighted by Crippen LogP contribution is -2.35. The van der Waals surface area contributed by atoms with Crippen molar-refractivity contribution in [1.82, 2.24) is 0 Å². The highest BCUT2D eigenvalue weighted by molar-refractivity contribution is 6.05. The van der Waals surface area contributed by atoms with Gasteiger partial charge < -0.3 is 14.5 Å². The van der Waals surface area contributed by atoms with E-state index in [1.807, 2.05) is 13.8 Å². The zero-order chi connectivity index (χ0) is 15.9.